The monoisotopic (exact) mass is 654 g/mol. The Morgan fingerprint density at radius 3 is 2.35 bits per heavy atom. The standard InChI is InChI=1S/C33H35FN2O9S/c1-35-32(37)30-27-19-26(21-6-7-21)28(20-29(27)45-31(30)22-8-10-24(34)11-9-22)36(46(2,40)41)12-13-42-14-15-43-16-17-44-25-5-3-4-23(18-25)33(38)39/h3-5,8-11,18-21H,6-7,12-17H2,1-2H3,(H,35,37)(H,38,39). The maximum atomic E-state index is 13.6. The molecule has 1 aromatic heterocycles. The molecule has 11 nitrogen and oxygen atoms in total. The molecule has 0 atom stereocenters. The molecule has 4 aromatic rings. The highest BCUT2D eigenvalue weighted by Crippen LogP contribution is 2.48. The Balaban J connectivity index is 1.25. The van der Waals surface area contributed by atoms with Crippen LogP contribution in [0.5, 0.6) is 5.75 Å². The number of halogens is 1. The van der Waals surface area contributed by atoms with Gasteiger partial charge in [0.25, 0.3) is 5.91 Å². The van der Waals surface area contributed by atoms with Crippen molar-refractivity contribution in [2.45, 2.75) is 18.8 Å². The SMILES string of the molecule is CNC(=O)c1c(-c2ccc(F)cc2)oc2cc(N(CCOCCOCCOc3cccc(C(=O)O)c3)S(C)(=O)=O)c(C3CC3)cc12. The molecule has 1 fully saturated rings. The number of carbonyl (C=O) groups excluding carboxylic acids is 1. The Morgan fingerprint density at radius 2 is 1.70 bits per heavy atom. The highest BCUT2D eigenvalue weighted by Gasteiger charge is 2.33. The Bertz CT molecular complexity index is 1820. The molecule has 244 valence electrons. The molecule has 2 N–H and O–H groups in total. The highest BCUT2D eigenvalue weighted by molar-refractivity contribution is 7.92. The topological polar surface area (TPSA) is 145 Å². The Hall–Kier alpha value is -4.46. The number of carbonyl (C=O) groups is 2. The van der Waals surface area contributed by atoms with Gasteiger partial charge in [-0.1, -0.05) is 6.07 Å². The van der Waals surface area contributed by atoms with E-state index in [1.807, 2.05) is 6.07 Å². The Kier molecular flexibility index (Phi) is 10.2. The van der Waals surface area contributed by atoms with E-state index >= 15 is 0 Å². The van der Waals surface area contributed by atoms with Crippen LogP contribution in [0.4, 0.5) is 10.1 Å². The molecular formula is C33H35FN2O9S. The quantitative estimate of drug-likeness (QED) is 0.159. The first-order chi connectivity index (χ1) is 22.1. The van der Waals surface area contributed by atoms with Crippen LogP contribution in [-0.2, 0) is 19.5 Å². The zero-order valence-electron chi connectivity index (χ0n) is 25.5. The fraction of sp³-hybridized carbons (Fsp3) is 0.333. The van der Waals surface area contributed by atoms with Crippen molar-refractivity contribution in [3.63, 3.8) is 0 Å². The van der Waals surface area contributed by atoms with E-state index in [1.54, 1.807) is 18.2 Å². The van der Waals surface area contributed by atoms with E-state index in [-0.39, 0.29) is 62.7 Å². The minimum Gasteiger partial charge on any atom is -0.491 e. The van der Waals surface area contributed by atoms with E-state index in [2.05, 4.69) is 5.32 Å². The summed E-state index contributed by atoms with van der Waals surface area (Å²) in [5.74, 6) is -1.01. The van der Waals surface area contributed by atoms with Crippen molar-refractivity contribution >= 4 is 38.6 Å². The number of anilines is 1. The molecule has 0 saturated heterocycles. The van der Waals surface area contributed by atoms with E-state index in [4.69, 9.17) is 23.7 Å². The minimum absolute atomic E-state index is 0.0426. The smallest absolute Gasteiger partial charge is 0.335 e. The number of ether oxygens (including phenoxy) is 3. The van der Waals surface area contributed by atoms with Gasteiger partial charge in [-0.05, 0) is 72.9 Å². The number of nitrogens with one attached hydrogen (secondary N) is 1. The van der Waals surface area contributed by atoms with Crippen molar-refractivity contribution in [2.75, 3.05) is 57.2 Å². The highest BCUT2D eigenvalue weighted by atomic mass is 32.2. The molecule has 46 heavy (non-hydrogen) atoms. The number of nitrogens with zero attached hydrogens (tertiary/aromatic N) is 1. The van der Waals surface area contributed by atoms with E-state index < -0.39 is 21.8 Å². The van der Waals surface area contributed by atoms with Gasteiger partial charge in [0.05, 0.1) is 56.0 Å². The van der Waals surface area contributed by atoms with Crippen LogP contribution >= 0.6 is 0 Å². The molecule has 3 aromatic carbocycles. The third-order valence-electron chi connectivity index (χ3n) is 7.47. The van der Waals surface area contributed by atoms with E-state index in [1.165, 1.54) is 47.8 Å². The molecule has 1 amide bonds. The first-order valence-corrected chi connectivity index (χ1v) is 16.6. The lowest BCUT2D eigenvalue weighted by atomic mass is 10.0. The predicted molar refractivity (Wildman–Crippen MR) is 170 cm³/mol. The van der Waals surface area contributed by atoms with Crippen LogP contribution in [-0.4, -0.2) is 78.3 Å². The zero-order valence-corrected chi connectivity index (χ0v) is 26.3. The molecule has 0 spiro atoms. The summed E-state index contributed by atoms with van der Waals surface area (Å²) in [6.45, 7) is 1.07. The van der Waals surface area contributed by atoms with Crippen molar-refractivity contribution in [3.8, 4) is 17.1 Å². The average molecular weight is 655 g/mol. The lowest BCUT2D eigenvalue weighted by molar-refractivity contribution is 0.0389. The van der Waals surface area contributed by atoms with Gasteiger partial charge >= 0.3 is 5.97 Å². The van der Waals surface area contributed by atoms with Gasteiger partial charge in [-0.2, -0.15) is 0 Å². The third kappa shape index (κ3) is 7.84. The number of furan rings is 1. The second kappa shape index (κ2) is 14.3. The van der Waals surface area contributed by atoms with E-state index in [0.717, 1.165) is 24.7 Å². The number of hydrogen-bond donors (Lipinski definition) is 2. The van der Waals surface area contributed by atoms with Crippen LogP contribution in [0.2, 0.25) is 0 Å². The molecule has 1 saturated carbocycles. The molecular weight excluding hydrogens is 619 g/mol. The van der Waals surface area contributed by atoms with Gasteiger partial charge in [-0.3, -0.25) is 9.10 Å². The number of carboxylic acid groups (broad SMARTS) is 1. The Labute approximate surface area is 265 Å². The molecule has 5 rings (SSSR count). The summed E-state index contributed by atoms with van der Waals surface area (Å²) < 4.78 is 63.9. The van der Waals surface area contributed by atoms with Crippen LogP contribution in [0.25, 0.3) is 22.3 Å². The summed E-state index contributed by atoms with van der Waals surface area (Å²) in [4.78, 5) is 24.1. The first-order valence-electron chi connectivity index (χ1n) is 14.7. The molecule has 0 radical (unpaired) electrons. The maximum absolute atomic E-state index is 13.6. The fourth-order valence-electron chi connectivity index (χ4n) is 5.11. The molecule has 0 bridgehead atoms. The lowest BCUT2D eigenvalue weighted by Gasteiger charge is -2.25. The summed E-state index contributed by atoms with van der Waals surface area (Å²) >= 11 is 0. The second-order valence-corrected chi connectivity index (χ2v) is 12.7. The van der Waals surface area contributed by atoms with Gasteiger partial charge in [0.15, 0.2) is 0 Å². The third-order valence-corrected chi connectivity index (χ3v) is 8.65. The summed E-state index contributed by atoms with van der Waals surface area (Å²) in [5.41, 5.74) is 2.53. The number of amides is 1. The van der Waals surface area contributed by atoms with Crippen LogP contribution in [0, 0.1) is 5.82 Å². The van der Waals surface area contributed by atoms with Crippen LogP contribution in [0.3, 0.4) is 0 Å². The van der Waals surface area contributed by atoms with E-state index in [0.29, 0.717) is 33.5 Å². The zero-order chi connectivity index (χ0) is 32.8. The Morgan fingerprint density at radius 1 is 1.00 bits per heavy atom. The number of fused-ring (bicyclic) bond motifs is 1. The van der Waals surface area contributed by atoms with Crippen molar-refractivity contribution in [3.05, 3.63) is 83.2 Å². The van der Waals surface area contributed by atoms with E-state index in [9.17, 15) is 22.4 Å². The van der Waals surface area contributed by atoms with Crippen LogP contribution in [0.1, 0.15) is 45.0 Å². The fourth-order valence-corrected chi connectivity index (χ4v) is 6.03. The second-order valence-electron chi connectivity index (χ2n) is 10.8. The summed E-state index contributed by atoms with van der Waals surface area (Å²) in [7, 11) is -2.22. The molecule has 1 heterocycles. The normalized spacial score (nSPS) is 13.1. The van der Waals surface area contributed by atoms with Gasteiger partial charge in [0, 0.05) is 24.1 Å². The molecule has 13 heteroatoms. The maximum Gasteiger partial charge on any atom is 0.335 e. The molecule has 1 aliphatic rings. The van der Waals surface area contributed by atoms with Crippen molar-refractivity contribution in [1.82, 2.24) is 5.32 Å². The number of aromatic carboxylic acids is 1. The largest absolute Gasteiger partial charge is 0.491 e. The summed E-state index contributed by atoms with van der Waals surface area (Å²) in [6.07, 6.45) is 2.90. The van der Waals surface area contributed by atoms with Gasteiger partial charge in [-0.15, -0.1) is 0 Å². The van der Waals surface area contributed by atoms with Crippen molar-refractivity contribution in [2.24, 2.45) is 0 Å². The van der Waals surface area contributed by atoms with Crippen molar-refractivity contribution < 1.29 is 46.1 Å². The molecule has 0 aliphatic heterocycles. The number of carboxylic acids is 1. The average Bonchev–Trinajstić information content (AvgIpc) is 3.81. The number of sulfonamides is 1. The lowest BCUT2D eigenvalue weighted by Crippen LogP contribution is -2.34. The number of benzene rings is 3. The van der Waals surface area contributed by atoms with Gasteiger partial charge in [-0.25, -0.2) is 17.6 Å². The van der Waals surface area contributed by atoms with Gasteiger partial charge < -0.3 is 29.1 Å². The van der Waals surface area contributed by atoms with Gasteiger partial charge in [0.1, 0.15) is 29.5 Å². The minimum atomic E-state index is -3.73. The van der Waals surface area contributed by atoms with Gasteiger partial charge in [0.2, 0.25) is 10.0 Å². The van der Waals surface area contributed by atoms with Crippen LogP contribution in [0.15, 0.2) is 65.1 Å². The number of hydrogen-bond acceptors (Lipinski definition) is 8. The van der Waals surface area contributed by atoms with Crippen LogP contribution < -0.4 is 14.4 Å². The summed E-state index contributed by atoms with van der Waals surface area (Å²) in [5, 5.41) is 12.3. The van der Waals surface area contributed by atoms with Crippen molar-refractivity contribution in [1.29, 1.82) is 0 Å². The summed E-state index contributed by atoms with van der Waals surface area (Å²) in [6, 6.07) is 15.3. The molecule has 0 unspecified atom stereocenters. The first kappa shape index (κ1) is 32.9. The molecule has 1 aliphatic carbocycles. The predicted octanol–water partition coefficient (Wildman–Crippen LogP) is 5.05. The number of rotatable bonds is 16.